The van der Waals surface area contributed by atoms with Crippen LogP contribution in [0.4, 0.5) is 0 Å². The summed E-state index contributed by atoms with van der Waals surface area (Å²) in [6.07, 6.45) is 1.88. The van der Waals surface area contributed by atoms with E-state index in [9.17, 15) is 4.79 Å². The average molecular weight is 302 g/mol. The van der Waals surface area contributed by atoms with Gasteiger partial charge in [-0.25, -0.2) is 0 Å². The Balaban J connectivity index is 1.60. The number of aromatic nitrogens is 3. The summed E-state index contributed by atoms with van der Waals surface area (Å²) in [5.74, 6) is 0.924. The SMILES string of the molecule is Cc1n[nH]c(=S)n1CCNC(=O)[C@H]1CCc2ccccc21. The molecule has 2 aromatic rings. The molecule has 0 bridgehead atoms. The van der Waals surface area contributed by atoms with Crippen molar-refractivity contribution in [3.05, 3.63) is 46.0 Å². The molecule has 0 saturated heterocycles. The minimum absolute atomic E-state index is 0.0142. The summed E-state index contributed by atoms with van der Waals surface area (Å²) in [7, 11) is 0. The summed E-state index contributed by atoms with van der Waals surface area (Å²) in [6.45, 7) is 3.09. The Bertz CT molecular complexity index is 718. The lowest BCUT2D eigenvalue weighted by molar-refractivity contribution is -0.122. The van der Waals surface area contributed by atoms with Crippen molar-refractivity contribution in [3.63, 3.8) is 0 Å². The summed E-state index contributed by atoms with van der Waals surface area (Å²) in [5, 5.41) is 9.81. The molecule has 1 aromatic heterocycles. The zero-order valence-electron chi connectivity index (χ0n) is 11.9. The number of fused-ring (bicyclic) bond motifs is 1. The van der Waals surface area contributed by atoms with Gasteiger partial charge in [0.05, 0.1) is 5.92 Å². The summed E-state index contributed by atoms with van der Waals surface area (Å²) >= 11 is 5.14. The van der Waals surface area contributed by atoms with Gasteiger partial charge in [-0.2, -0.15) is 5.10 Å². The van der Waals surface area contributed by atoms with Crippen LogP contribution in [0, 0.1) is 11.7 Å². The first-order valence-electron chi connectivity index (χ1n) is 7.14. The van der Waals surface area contributed by atoms with Gasteiger partial charge in [0.15, 0.2) is 4.77 Å². The van der Waals surface area contributed by atoms with Gasteiger partial charge in [-0.3, -0.25) is 9.89 Å². The Kier molecular flexibility index (Phi) is 3.88. The van der Waals surface area contributed by atoms with E-state index >= 15 is 0 Å². The zero-order valence-corrected chi connectivity index (χ0v) is 12.7. The molecule has 110 valence electrons. The van der Waals surface area contributed by atoms with Crippen LogP contribution in [0.5, 0.6) is 0 Å². The fourth-order valence-electron chi connectivity index (χ4n) is 2.90. The van der Waals surface area contributed by atoms with Crippen LogP contribution in [0.1, 0.15) is 29.3 Å². The Hall–Kier alpha value is -1.95. The normalized spacial score (nSPS) is 16.7. The van der Waals surface area contributed by atoms with Crippen molar-refractivity contribution in [2.24, 2.45) is 0 Å². The second kappa shape index (κ2) is 5.81. The van der Waals surface area contributed by atoms with E-state index in [1.165, 1.54) is 11.1 Å². The van der Waals surface area contributed by atoms with Crippen LogP contribution in [0.15, 0.2) is 24.3 Å². The van der Waals surface area contributed by atoms with Crippen molar-refractivity contribution in [1.82, 2.24) is 20.1 Å². The van der Waals surface area contributed by atoms with Crippen molar-refractivity contribution in [3.8, 4) is 0 Å². The molecule has 1 amide bonds. The molecule has 1 atom stereocenters. The number of H-pyrrole nitrogens is 1. The molecule has 0 unspecified atom stereocenters. The van der Waals surface area contributed by atoms with Crippen molar-refractivity contribution < 1.29 is 4.79 Å². The molecule has 0 fully saturated rings. The van der Waals surface area contributed by atoms with E-state index in [0.29, 0.717) is 17.9 Å². The number of carbonyl (C=O) groups excluding carboxylic acids is 1. The van der Waals surface area contributed by atoms with Gasteiger partial charge in [0.1, 0.15) is 5.82 Å². The molecule has 1 heterocycles. The van der Waals surface area contributed by atoms with Crippen LogP contribution in [-0.2, 0) is 17.8 Å². The van der Waals surface area contributed by atoms with Gasteiger partial charge >= 0.3 is 0 Å². The lowest BCUT2D eigenvalue weighted by atomic mass is 10.0. The number of hydrogen-bond donors (Lipinski definition) is 2. The standard InChI is InChI=1S/C15H18N4OS/c1-10-17-18-15(21)19(10)9-8-16-14(20)13-7-6-11-4-2-3-5-12(11)13/h2-5,13H,6-9H2,1H3,(H,16,20)(H,18,21)/t13-/m0/s1. The Morgan fingerprint density at radius 1 is 1.52 bits per heavy atom. The highest BCUT2D eigenvalue weighted by Crippen LogP contribution is 2.32. The highest BCUT2D eigenvalue weighted by atomic mass is 32.1. The lowest BCUT2D eigenvalue weighted by Crippen LogP contribution is -2.31. The zero-order chi connectivity index (χ0) is 14.8. The molecule has 0 spiro atoms. The van der Waals surface area contributed by atoms with Crippen molar-refractivity contribution in [2.75, 3.05) is 6.54 Å². The Labute approximate surface area is 128 Å². The maximum Gasteiger partial charge on any atom is 0.227 e. The number of aromatic amines is 1. The van der Waals surface area contributed by atoms with Gasteiger partial charge < -0.3 is 9.88 Å². The number of nitrogens with zero attached hydrogens (tertiary/aromatic N) is 2. The molecular weight excluding hydrogens is 284 g/mol. The van der Waals surface area contributed by atoms with Crippen LogP contribution < -0.4 is 5.32 Å². The molecule has 2 N–H and O–H groups in total. The molecule has 0 aliphatic heterocycles. The van der Waals surface area contributed by atoms with Crippen molar-refractivity contribution >= 4 is 18.1 Å². The summed E-state index contributed by atoms with van der Waals surface area (Å²) in [5.41, 5.74) is 2.47. The first-order valence-corrected chi connectivity index (χ1v) is 7.55. The predicted octanol–water partition coefficient (Wildman–Crippen LogP) is 2.10. The Morgan fingerprint density at radius 3 is 3.10 bits per heavy atom. The number of hydrogen-bond acceptors (Lipinski definition) is 3. The maximum atomic E-state index is 12.3. The number of amides is 1. The fourth-order valence-corrected chi connectivity index (χ4v) is 3.17. The van der Waals surface area contributed by atoms with E-state index in [-0.39, 0.29) is 11.8 Å². The molecule has 1 aromatic carbocycles. The van der Waals surface area contributed by atoms with Crippen LogP contribution in [0.2, 0.25) is 0 Å². The van der Waals surface area contributed by atoms with Crippen LogP contribution in [0.25, 0.3) is 0 Å². The molecule has 5 nitrogen and oxygen atoms in total. The third-order valence-corrected chi connectivity index (χ3v) is 4.34. The van der Waals surface area contributed by atoms with Crippen LogP contribution >= 0.6 is 12.2 Å². The molecule has 1 aliphatic carbocycles. The average Bonchev–Trinajstić information content (AvgIpc) is 3.05. The third kappa shape index (κ3) is 2.76. The second-order valence-corrected chi connectivity index (χ2v) is 5.70. The van der Waals surface area contributed by atoms with E-state index in [4.69, 9.17) is 12.2 Å². The summed E-state index contributed by atoms with van der Waals surface area (Å²) < 4.78 is 2.48. The van der Waals surface area contributed by atoms with Gasteiger partial charge in [-0.1, -0.05) is 24.3 Å². The summed E-state index contributed by atoms with van der Waals surface area (Å²) in [4.78, 5) is 12.3. The molecule has 6 heteroatoms. The van der Waals surface area contributed by atoms with E-state index < -0.39 is 0 Å². The maximum absolute atomic E-state index is 12.3. The van der Waals surface area contributed by atoms with E-state index in [1.54, 1.807) is 0 Å². The van der Waals surface area contributed by atoms with Crippen molar-refractivity contribution in [2.45, 2.75) is 32.2 Å². The summed E-state index contributed by atoms with van der Waals surface area (Å²) in [6, 6.07) is 8.20. The predicted molar refractivity (Wildman–Crippen MR) is 82.7 cm³/mol. The van der Waals surface area contributed by atoms with Gasteiger partial charge in [0.2, 0.25) is 5.91 Å². The highest BCUT2D eigenvalue weighted by Gasteiger charge is 2.27. The number of nitrogens with one attached hydrogen (secondary N) is 2. The van der Waals surface area contributed by atoms with Gasteiger partial charge in [0.25, 0.3) is 0 Å². The molecule has 0 radical (unpaired) electrons. The Morgan fingerprint density at radius 2 is 2.33 bits per heavy atom. The van der Waals surface area contributed by atoms with E-state index in [1.807, 2.05) is 23.6 Å². The topological polar surface area (TPSA) is 62.7 Å². The number of carbonyl (C=O) groups is 1. The number of benzene rings is 1. The minimum Gasteiger partial charge on any atom is -0.354 e. The van der Waals surface area contributed by atoms with Gasteiger partial charge in [0, 0.05) is 13.1 Å². The van der Waals surface area contributed by atoms with Gasteiger partial charge in [-0.05, 0) is 43.1 Å². The first-order chi connectivity index (χ1) is 10.2. The molecular formula is C15H18N4OS. The largest absolute Gasteiger partial charge is 0.354 e. The van der Waals surface area contributed by atoms with E-state index in [0.717, 1.165) is 18.7 Å². The van der Waals surface area contributed by atoms with Crippen LogP contribution in [-0.4, -0.2) is 27.2 Å². The second-order valence-electron chi connectivity index (χ2n) is 5.31. The molecule has 21 heavy (non-hydrogen) atoms. The number of rotatable bonds is 4. The fraction of sp³-hybridized carbons (Fsp3) is 0.400. The quantitative estimate of drug-likeness (QED) is 0.850. The minimum atomic E-state index is -0.0142. The highest BCUT2D eigenvalue weighted by molar-refractivity contribution is 7.71. The lowest BCUT2D eigenvalue weighted by Gasteiger charge is -2.12. The van der Waals surface area contributed by atoms with Gasteiger partial charge in [-0.15, -0.1) is 0 Å². The van der Waals surface area contributed by atoms with Crippen LogP contribution in [0.3, 0.4) is 0 Å². The van der Waals surface area contributed by atoms with Crippen molar-refractivity contribution in [1.29, 1.82) is 0 Å². The smallest absolute Gasteiger partial charge is 0.227 e. The molecule has 3 rings (SSSR count). The number of aryl methyl sites for hydroxylation is 2. The molecule has 0 saturated carbocycles. The van der Waals surface area contributed by atoms with E-state index in [2.05, 4.69) is 27.6 Å². The third-order valence-electron chi connectivity index (χ3n) is 4.03. The first kappa shape index (κ1) is 14.0. The monoisotopic (exact) mass is 302 g/mol. The molecule has 1 aliphatic rings.